The first-order chi connectivity index (χ1) is 16.8. The monoisotopic (exact) mass is 452 g/mol. The number of para-hydroxylation sites is 1. The zero-order chi connectivity index (χ0) is 22.7. The van der Waals surface area contributed by atoms with Crippen molar-refractivity contribution in [3.63, 3.8) is 0 Å². The summed E-state index contributed by atoms with van der Waals surface area (Å²) in [6.07, 6.45) is 2.84. The summed E-state index contributed by atoms with van der Waals surface area (Å²) in [5.74, 6) is 2.76. The van der Waals surface area contributed by atoms with Gasteiger partial charge in [-0.25, -0.2) is 0 Å². The Hall–Kier alpha value is -3.61. The maximum Gasteiger partial charge on any atom is 0.138 e. The van der Waals surface area contributed by atoms with Crippen LogP contribution in [0.4, 0.5) is 0 Å². The molecule has 1 fully saturated rings. The minimum Gasteiger partial charge on any atom is -0.488 e. The minimum absolute atomic E-state index is 0.539. The van der Waals surface area contributed by atoms with Crippen molar-refractivity contribution in [3.8, 4) is 11.5 Å². The molecule has 1 saturated heterocycles. The highest BCUT2D eigenvalue weighted by Crippen LogP contribution is 2.41. The molecule has 2 N–H and O–H groups in total. The van der Waals surface area contributed by atoms with E-state index in [2.05, 4.69) is 56.8 Å². The molecule has 4 aromatic rings. The van der Waals surface area contributed by atoms with Gasteiger partial charge in [0, 0.05) is 56.2 Å². The average molecular weight is 453 g/mol. The summed E-state index contributed by atoms with van der Waals surface area (Å²) in [5.41, 5.74) is 5.42. The second-order valence-electron chi connectivity index (χ2n) is 8.87. The van der Waals surface area contributed by atoms with Crippen molar-refractivity contribution in [3.05, 3.63) is 94.9 Å². The first-order valence-electron chi connectivity index (χ1n) is 11.9. The smallest absolute Gasteiger partial charge is 0.138 e. The lowest BCUT2D eigenvalue weighted by molar-refractivity contribution is 0.223. The molecule has 2 aliphatic rings. The summed E-state index contributed by atoms with van der Waals surface area (Å²) in [6, 6.07) is 22.7. The van der Waals surface area contributed by atoms with Crippen LogP contribution in [-0.2, 0) is 19.6 Å². The number of hydrogen-bond donors (Lipinski definition) is 2. The number of aromatic amines is 1. The molecule has 0 bridgehead atoms. The zero-order valence-corrected chi connectivity index (χ0v) is 19.1. The van der Waals surface area contributed by atoms with Crippen LogP contribution in [0.3, 0.4) is 0 Å². The van der Waals surface area contributed by atoms with E-state index in [0.717, 1.165) is 84.1 Å². The molecule has 0 radical (unpaired) electrons. The molecule has 34 heavy (non-hydrogen) atoms. The number of hydrogen-bond acceptors (Lipinski definition) is 5. The molecule has 172 valence electrons. The average Bonchev–Trinajstić information content (AvgIpc) is 3.49. The van der Waals surface area contributed by atoms with Crippen LogP contribution < -0.4 is 14.8 Å². The van der Waals surface area contributed by atoms with Gasteiger partial charge in [-0.05, 0) is 17.7 Å². The topological polar surface area (TPSA) is 62.4 Å². The maximum absolute atomic E-state index is 6.49. The number of rotatable bonds is 6. The zero-order valence-electron chi connectivity index (χ0n) is 19.1. The lowest BCUT2D eigenvalue weighted by Crippen LogP contribution is -2.43. The van der Waals surface area contributed by atoms with Crippen molar-refractivity contribution >= 4 is 17.0 Å². The van der Waals surface area contributed by atoms with Crippen LogP contribution >= 0.6 is 0 Å². The van der Waals surface area contributed by atoms with E-state index in [1.54, 1.807) is 0 Å². The third kappa shape index (κ3) is 4.30. The van der Waals surface area contributed by atoms with Gasteiger partial charge in [0.25, 0.3) is 0 Å². The second kappa shape index (κ2) is 9.33. The Balaban J connectivity index is 1.30. The number of benzene rings is 3. The Morgan fingerprint density at radius 3 is 2.68 bits per heavy atom. The number of allylic oxidation sites excluding steroid dienone is 1. The molecule has 0 saturated carbocycles. The largest absolute Gasteiger partial charge is 0.488 e. The van der Waals surface area contributed by atoms with Gasteiger partial charge >= 0.3 is 0 Å². The fraction of sp³-hybridized carbons (Fsp3) is 0.250. The molecule has 0 atom stereocenters. The molecule has 6 rings (SSSR count). The number of ether oxygens (including phenoxy) is 2. The van der Waals surface area contributed by atoms with E-state index >= 15 is 0 Å². The number of nitrogens with one attached hydrogen (secondary N) is 2. The van der Waals surface area contributed by atoms with Gasteiger partial charge in [0.1, 0.15) is 23.9 Å². The quantitative estimate of drug-likeness (QED) is 0.450. The van der Waals surface area contributed by atoms with Gasteiger partial charge in [-0.15, -0.1) is 0 Å². The predicted octanol–water partition coefficient (Wildman–Crippen LogP) is 4.52. The van der Waals surface area contributed by atoms with Crippen LogP contribution in [0.25, 0.3) is 17.0 Å². The van der Waals surface area contributed by atoms with Gasteiger partial charge < -0.3 is 14.8 Å². The highest BCUT2D eigenvalue weighted by molar-refractivity contribution is 5.86. The fourth-order valence-electron chi connectivity index (χ4n) is 4.72. The summed E-state index contributed by atoms with van der Waals surface area (Å²) in [7, 11) is 0. The van der Waals surface area contributed by atoms with Crippen LogP contribution in [-0.4, -0.2) is 41.3 Å². The Morgan fingerprint density at radius 1 is 0.971 bits per heavy atom. The highest BCUT2D eigenvalue weighted by atomic mass is 16.5. The van der Waals surface area contributed by atoms with E-state index in [1.165, 1.54) is 5.56 Å². The lowest BCUT2D eigenvalue weighted by Gasteiger charge is -2.28. The van der Waals surface area contributed by atoms with Crippen molar-refractivity contribution in [1.82, 2.24) is 20.4 Å². The molecular weight excluding hydrogens is 424 g/mol. The summed E-state index contributed by atoms with van der Waals surface area (Å²) >= 11 is 0. The number of aromatic nitrogens is 2. The Kier molecular flexibility index (Phi) is 5.75. The third-order valence-electron chi connectivity index (χ3n) is 6.52. The van der Waals surface area contributed by atoms with Crippen molar-refractivity contribution in [1.29, 1.82) is 0 Å². The maximum atomic E-state index is 6.49. The molecule has 6 nitrogen and oxygen atoms in total. The molecule has 3 heterocycles. The standard InChI is InChI=1S/C28H28N4O2/c1-2-6-20(7-3-1)19-33-27-11-10-21-16-22(17-26-23-8-4-5-9-25(23)30-31-26)34-28(21)24(27)18-32-14-12-29-13-15-32/h1-11,17,29H,12-16,18-19H2,(H,30,31)/b22-17-. The normalized spacial score (nSPS) is 17.1. The molecule has 3 aromatic carbocycles. The van der Waals surface area contributed by atoms with Crippen molar-refractivity contribution in [2.75, 3.05) is 26.2 Å². The van der Waals surface area contributed by atoms with Crippen LogP contribution in [0.1, 0.15) is 22.4 Å². The summed E-state index contributed by atoms with van der Waals surface area (Å²) < 4.78 is 12.8. The minimum atomic E-state index is 0.539. The third-order valence-corrected chi connectivity index (χ3v) is 6.52. The summed E-state index contributed by atoms with van der Waals surface area (Å²) in [6.45, 7) is 5.41. The Bertz CT molecular complexity index is 1320. The van der Waals surface area contributed by atoms with Crippen molar-refractivity contribution in [2.45, 2.75) is 19.6 Å². The molecular formula is C28H28N4O2. The Labute approximate surface area is 199 Å². The number of piperazine rings is 1. The van der Waals surface area contributed by atoms with Gasteiger partial charge in [0.2, 0.25) is 0 Å². The lowest BCUT2D eigenvalue weighted by atomic mass is 10.0. The second-order valence-corrected chi connectivity index (χ2v) is 8.87. The van der Waals surface area contributed by atoms with Gasteiger partial charge in [-0.2, -0.15) is 5.10 Å². The summed E-state index contributed by atoms with van der Waals surface area (Å²) in [5, 5.41) is 12.1. The van der Waals surface area contributed by atoms with Crippen LogP contribution in [0.15, 0.2) is 72.5 Å². The first-order valence-corrected chi connectivity index (χ1v) is 11.9. The molecule has 6 heteroatoms. The Morgan fingerprint density at radius 2 is 1.79 bits per heavy atom. The SMILES string of the molecule is C(=C1\Cc2ccc(OCc3ccccc3)c(CN3CCNCC3)c2O1)/c1[nH]nc2ccccc12. The van der Waals surface area contributed by atoms with Crippen molar-refractivity contribution < 1.29 is 9.47 Å². The number of nitrogens with zero attached hydrogens (tertiary/aromatic N) is 2. The fourth-order valence-corrected chi connectivity index (χ4v) is 4.72. The van der Waals surface area contributed by atoms with Crippen LogP contribution in [0, 0.1) is 0 Å². The van der Waals surface area contributed by atoms with Crippen LogP contribution in [0.5, 0.6) is 11.5 Å². The molecule has 1 aromatic heterocycles. The van der Waals surface area contributed by atoms with Gasteiger partial charge in [0.05, 0.1) is 16.8 Å². The van der Waals surface area contributed by atoms with Gasteiger partial charge in [-0.1, -0.05) is 54.6 Å². The van der Waals surface area contributed by atoms with E-state index in [4.69, 9.17) is 9.47 Å². The predicted molar refractivity (Wildman–Crippen MR) is 134 cm³/mol. The van der Waals surface area contributed by atoms with E-state index in [1.807, 2.05) is 36.4 Å². The summed E-state index contributed by atoms with van der Waals surface area (Å²) in [4.78, 5) is 2.47. The highest BCUT2D eigenvalue weighted by Gasteiger charge is 2.26. The van der Waals surface area contributed by atoms with E-state index in [9.17, 15) is 0 Å². The van der Waals surface area contributed by atoms with Gasteiger partial charge in [-0.3, -0.25) is 10.00 Å². The van der Waals surface area contributed by atoms with Crippen LogP contribution in [0.2, 0.25) is 0 Å². The molecule has 2 aliphatic heterocycles. The molecule has 0 unspecified atom stereocenters. The number of H-pyrrole nitrogens is 1. The molecule has 0 amide bonds. The first kappa shape index (κ1) is 21.0. The van der Waals surface area contributed by atoms with E-state index in [-0.39, 0.29) is 0 Å². The molecule has 0 spiro atoms. The van der Waals surface area contributed by atoms with Gasteiger partial charge in [0.15, 0.2) is 0 Å². The number of fused-ring (bicyclic) bond motifs is 2. The van der Waals surface area contributed by atoms with Crippen molar-refractivity contribution in [2.24, 2.45) is 0 Å². The van der Waals surface area contributed by atoms with E-state index in [0.29, 0.717) is 6.61 Å². The van der Waals surface area contributed by atoms with E-state index < -0.39 is 0 Å². The molecule has 0 aliphatic carbocycles.